The van der Waals surface area contributed by atoms with Crippen LogP contribution in [-0.4, -0.2) is 48.4 Å². The van der Waals surface area contributed by atoms with Crippen LogP contribution in [0.2, 0.25) is 0 Å². The fraction of sp³-hybridized carbons (Fsp3) is 0.857. The molecule has 0 spiro atoms. The normalized spacial score (nSPS) is 26.7. The average molecular weight is 249 g/mol. The van der Waals surface area contributed by atoms with E-state index in [1.54, 1.807) is 0 Å². The Morgan fingerprint density at radius 1 is 1.17 bits per heavy atom. The second kappa shape index (κ2) is 4.24. The van der Waals surface area contributed by atoms with Crippen molar-refractivity contribution in [3.8, 4) is 6.07 Å². The highest BCUT2D eigenvalue weighted by atomic mass is 16.2. The van der Waals surface area contributed by atoms with E-state index in [1.165, 1.54) is 0 Å². The summed E-state index contributed by atoms with van der Waals surface area (Å²) in [5.74, 6) is 0.467. The highest BCUT2D eigenvalue weighted by Gasteiger charge is 2.68. The van der Waals surface area contributed by atoms with E-state index in [-0.39, 0.29) is 16.7 Å². The van der Waals surface area contributed by atoms with E-state index in [9.17, 15) is 4.79 Å². The lowest BCUT2D eigenvalue weighted by Gasteiger charge is -2.34. The summed E-state index contributed by atoms with van der Waals surface area (Å²) in [5, 5.41) is 8.66. The van der Waals surface area contributed by atoms with E-state index in [2.05, 4.69) is 38.7 Å². The zero-order valence-electron chi connectivity index (χ0n) is 11.9. The van der Waals surface area contributed by atoms with Crippen LogP contribution < -0.4 is 0 Å². The third-order valence-corrected chi connectivity index (χ3v) is 5.25. The largest absolute Gasteiger partial charge is 0.340 e. The molecule has 0 aromatic rings. The summed E-state index contributed by atoms with van der Waals surface area (Å²) in [6.45, 7) is 12.4. The maximum Gasteiger partial charge on any atom is 0.226 e. The number of nitrogens with zero attached hydrogens (tertiary/aromatic N) is 3. The first kappa shape index (κ1) is 13.4. The molecule has 1 saturated carbocycles. The minimum atomic E-state index is 0.119. The molecular weight excluding hydrogens is 226 g/mol. The Balaban J connectivity index is 1.92. The van der Waals surface area contributed by atoms with Gasteiger partial charge in [-0.3, -0.25) is 9.69 Å². The quantitative estimate of drug-likeness (QED) is 0.694. The standard InChI is InChI=1S/C14H23N3O/c1-13(2)11(14(13,3)4)12(18)17-9-7-16(6-5-15)8-10-17/h11H,6-10H2,1-4H3. The monoisotopic (exact) mass is 249 g/mol. The molecule has 0 radical (unpaired) electrons. The van der Waals surface area contributed by atoms with Gasteiger partial charge in [0.05, 0.1) is 12.6 Å². The molecule has 0 bridgehead atoms. The Labute approximate surface area is 110 Å². The number of hydrogen-bond donors (Lipinski definition) is 0. The van der Waals surface area contributed by atoms with E-state index < -0.39 is 0 Å². The second-order valence-electron chi connectivity index (χ2n) is 6.64. The molecule has 2 fully saturated rings. The summed E-state index contributed by atoms with van der Waals surface area (Å²) in [5.41, 5.74) is 0.238. The number of nitriles is 1. The van der Waals surface area contributed by atoms with Crippen LogP contribution in [0.3, 0.4) is 0 Å². The van der Waals surface area contributed by atoms with Crippen molar-refractivity contribution in [3.05, 3.63) is 0 Å². The summed E-state index contributed by atoms with van der Waals surface area (Å²) in [7, 11) is 0. The van der Waals surface area contributed by atoms with Crippen molar-refractivity contribution in [1.82, 2.24) is 9.80 Å². The molecular formula is C14H23N3O. The summed E-state index contributed by atoms with van der Waals surface area (Å²) in [6, 6.07) is 2.17. The fourth-order valence-corrected chi connectivity index (χ4v) is 3.22. The van der Waals surface area contributed by atoms with Crippen LogP contribution in [0.4, 0.5) is 0 Å². The molecule has 0 aromatic carbocycles. The summed E-state index contributed by atoms with van der Waals surface area (Å²) in [4.78, 5) is 16.6. The number of carbonyl (C=O) groups excluding carboxylic acids is 1. The number of rotatable bonds is 2. The van der Waals surface area contributed by atoms with Crippen molar-refractivity contribution in [2.75, 3.05) is 32.7 Å². The Kier molecular flexibility index (Phi) is 3.14. The second-order valence-corrected chi connectivity index (χ2v) is 6.64. The predicted octanol–water partition coefficient (Wildman–Crippen LogP) is 1.34. The maximum atomic E-state index is 12.5. The molecule has 18 heavy (non-hydrogen) atoms. The first-order valence-electron chi connectivity index (χ1n) is 6.70. The van der Waals surface area contributed by atoms with Gasteiger partial charge in [0.1, 0.15) is 0 Å². The Bertz CT molecular complexity index is 372. The molecule has 1 amide bonds. The molecule has 4 nitrogen and oxygen atoms in total. The van der Waals surface area contributed by atoms with E-state index in [4.69, 9.17) is 5.26 Å². The summed E-state index contributed by atoms with van der Waals surface area (Å²) < 4.78 is 0. The molecule has 1 saturated heterocycles. The van der Waals surface area contributed by atoms with Crippen molar-refractivity contribution < 1.29 is 4.79 Å². The molecule has 4 heteroatoms. The number of carbonyl (C=O) groups is 1. The van der Waals surface area contributed by atoms with Gasteiger partial charge < -0.3 is 4.90 Å². The lowest BCUT2D eigenvalue weighted by Crippen LogP contribution is -2.49. The van der Waals surface area contributed by atoms with Crippen LogP contribution in [0, 0.1) is 28.1 Å². The average Bonchev–Trinajstić information content (AvgIpc) is 2.70. The molecule has 2 aliphatic rings. The molecule has 1 heterocycles. The third kappa shape index (κ3) is 1.91. The highest BCUT2D eigenvalue weighted by molar-refractivity contribution is 5.84. The van der Waals surface area contributed by atoms with Crippen LogP contribution in [-0.2, 0) is 4.79 Å². The van der Waals surface area contributed by atoms with Gasteiger partial charge in [-0.2, -0.15) is 5.26 Å². The van der Waals surface area contributed by atoms with E-state index in [0.717, 1.165) is 26.2 Å². The molecule has 1 aliphatic carbocycles. The van der Waals surface area contributed by atoms with Crippen LogP contribution >= 0.6 is 0 Å². The topological polar surface area (TPSA) is 47.3 Å². The number of amides is 1. The Morgan fingerprint density at radius 2 is 1.67 bits per heavy atom. The Hall–Kier alpha value is -1.08. The predicted molar refractivity (Wildman–Crippen MR) is 69.7 cm³/mol. The molecule has 0 aromatic heterocycles. The first-order valence-corrected chi connectivity index (χ1v) is 6.70. The van der Waals surface area contributed by atoms with Crippen LogP contribution in [0.25, 0.3) is 0 Å². The van der Waals surface area contributed by atoms with Crippen molar-refractivity contribution in [2.24, 2.45) is 16.7 Å². The summed E-state index contributed by atoms with van der Waals surface area (Å²) in [6.07, 6.45) is 0. The molecule has 2 rings (SSSR count). The van der Waals surface area contributed by atoms with Gasteiger partial charge in [0.25, 0.3) is 0 Å². The molecule has 0 N–H and O–H groups in total. The van der Waals surface area contributed by atoms with Crippen LogP contribution in [0.15, 0.2) is 0 Å². The smallest absolute Gasteiger partial charge is 0.226 e. The number of hydrogen-bond acceptors (Lipinski definition) is 3. The van der Waals surface area contributed by atoms with Gasteiger partial charge in [-0.1, -0.05) is 27.7 Å². The molecule has 0 unspecified atom stereocenters. The summed E-state index contributed by atoms with van der Waals surface area (Å²) >= 11 is 0. The van der Waals surface area contributed by atoms with Crippen molar-refractivity contribution in [1.29, 1.82) is 5.26 Å². The van der Waals surface area contributed by atoms with E-state index >= 15 is 0 Å². The zero-order valence-corrected chi connectivity index (χ0v) is 11.9. The van der Waals surface area contributed by atoms with Gasteiger partial charge in [0.15, 0.2) is 0 Å². The van der Waals surface area contributed by atoms with Gasteiger partial charge in [-0.15, -0.1) is 0 Å². The van der Waals surface area contributed by atoms with Crippen LogP contribution in [0.1, 0.15) is 27.7 Å². The minimum Gasteiger partial charge on any atom is -0.340 e. The lowest BCUT2D eigenvalue weighted by atomic mass is 10.0. The molecule has 100 valence electrons. The van der Waals surface area contributed by atoms with Crippen molar-refractivity contribution in [3.63, 3.8) is 0 Å². The zero-order chi connectivity index (χ0) is 13.6. The Morgan fingerprint density at radius 3 is 2.06 bits per heavy atom. The van der Waals surface area contributed by atoms with Gasteiger partial charge >= 0.3 is 0 Å². The number of piperazine rings is 1. The van der Waals surface area contributed by atoms with Crippen LogP contribution in [0.5, 0.6) is 0 Å². The van der Waals surface area contributed by atoms with Gasteiger partial charge in [0, 0.05) is 32.1 Å². The maximum absolute atomic E-state index is 12.5. The molecule has 1 aliphatic heterocycles. The highest BCUT2D eigenvalue weighted by Crippen LogP contribution is 2.68. The SMILES string of the molecule is CC1(C)C(C(=O)N2CCN(CC#N)CC2)C1(C)C. The van der Waals surface area contributed by atoms with Crippen molar-refractivity contribution >= 4 is 5.91 Å². The first-order chi connectivity index (χ1) is 8.32. The van der Waals surface area contributed by atoms with E-state index in [0.29, 0.717) is 12.5 Å². The van der Waals surface area contributed by atoms with Gasteiger partial charge in [-0.25, -0.2) is 0 Å². The third-order valence-electron chi connectivity index (χ3n) is 5.25. The van der Waals surface area contributed by atoms with E-state index in [1.807, 2.05) is 4.90 Å². The minimum absolute atomic E-state index is 0.119. The van der Waals surface area contributed by atoms with Gasteiger partial charge in [0.2, 0.25) is 5.91 Å². The molecule has 0 atom stereocenters. The van der Waals surface area contributed by atoms with Crippen molar-refractivity contribution in [2.45, 2.75) is 27.7 Å². The lowest BCUT2D eigenvalue weighted by molar-refractivity contribution is -0.135. The van der Waals surface area contributed by atoms with Gasteiger partial charge in [-0.05, 0) is 10.8 Å². The fourth-order valence-electron chi connectivity index (χ4n) is 3.22.